The molecule has 132 valence electrons. The third-order valence-electron chi connectivity index (χ3n) is 5.04. The van der Waals surface area contributed by atoms with Gasteiger partial charge in [0.1, 0.15) is 5.75 Å². The predicted octanol–water partition coefficient (Wildman–Crippen LogP) is 3.55. The molecular formula is C21H26N2O2. The molecule has 1 heterocycles. The summed E-state index contributed by atoms with van der Waals surface area (Å²) in [7, 11) is 1.65. The zero-order valence-corrected chi connectivity index (χ0v) is 15.5. The first-order valence-corrected chi connectivity index (χ1v) is 8.76. The molecule has 4 heteroatoms. The maximum atomic E-state index is 13.0. The van der Waals surface area contributed by atoms with Gasteiger partial charge in [0.2, 0.25) is 5.91 Å². The highest BCUT2D eigenvalue weighted by molar-refractivity contribution is 5.99. The average molecular weight is 338 g/mol. The van der Waals surface area contributed by atoms with E-state index < -0.39 is 0 Å². The monoisotopic (exact) mass is 338 g/mol. The SMILES string of the molecule is COc1ccc(C)cc1N1CCN(Cc2ccccc2C)C(C)C1=O. The summed E-state index contributed by atoms with van der Waals surface area (Å²) in [5, 5.41) is 0. The van der Waals surface area contributed by atoms with Crippen molar-refractivity contribution in [3.05, 3.63) is 59.2 Å². The summed E-state index contributed by atoms with van der Waals surface area (Å²) in [6, 6.07) is 14.2. The first kappa shape index (κ1) is 17.5. The highest BCUT2D eigenvalue weighted by Crippen LogP contribution is 2.31. The van der Waals surface area contributed by atoms with E-state index in [2.05, 4.69) is 36.1 Å². The van der Waals surface area contributed by atoms with Crippen LogP contribution in [0, 0.1) is 13.8 Å². The van der Waals surface area contributed by atoms with Crippen LogP contribution in [0.5, 0.6) is 5.75 Å². The Hall–Kier alpha value is -2.33. The van der Waals surface area contributed by atoms with Gasteiger partial charge in [-0.3, -0.25) is 9.69 Å². The smallest absolute Gasteiger partial charge is 0.244 e. The molecule has 0 spiro atoms. The number of methoxy groups -OCH3 is 1. The molecule has 1 amide bonds. The summed E-state index contributed by atoms with van der Waals surface area (Å²) in [5.41, 5.74) is 4.54. The first-order valence-electron chi connectivity index (χ1n) is 8.76. The summed E-state index contributed by atoms with van der Waals surface area (Å²) in [5.74, 6) is 0.877. The molecule has 0 N–H and O–H groups in total. The van der Waals surface area contributed by atoms with Crippen LogP contribution in [0.4, 0.5) is 5.69 Å². The third kappa shape index (κ3) is 3.54. The fourth-order valence-corrected chi connectivity index (χ4v) is 3.39. The topological polar surface area (TPSA) is 32.8 Å². The van der Waals surface area contributed by atoms with Crippen molar-refractivity contribution >= 4 is 11.6 Å². The molecule has 1 fully saturated rings. The molecular weight excluding hydrogens is 312 g/mol. The van der Waals surface area contributed by atoms with Crippen LogP contribution in [0.2, 0.25) is 0 Å². The van der Waals surface area contributed by atoms with E-state index in [0.717, 1.165) is 30.1 Å². The molecule has 3 rings (SSSR count). The Morgan fingerprint density at radius 1 is 1.12 bits per heavy atom. The minimum atomic E-state index is -0.154. The second kappa shape index (κ2) is 7.28. The first-order chi connectivity index (χ1) is 12.0. The lowest BCUT2D eigenvalue weighted by Gasteiger charge is -2.39. The van der Waals surface area contributed by atoms with Crippen LogP contribution in [0.25, 0.3) is 0 Å². The summed E-state index contributed by atoms with van der Waals surface area (Å²) >= 11 is 0. The molecule has 2 aromatic carbocycles. The van der Waals surface area contributed by atoms with Gasteiger partial charge in [-0.05, 0) is 49.6 Å². The molecule has 1 saturated heterocycles. The molecule has 0 saturated carbocycles. The van der Waals surface area contributed by atoms with Crippen LogP contribution in [0.1, 0.15) is 23.6 Å². The van der Waals surface area contributed by atoms with Crippen LogP contribution >= 0.6 is 0 Å². The Bertz CT molecular complexity index is 772. The number of benzene rings is 2. The number of anilines is 1. The van der Waals surface area contributed by atoms with Crippen molar-refractivity contribution in [2.75, 3.05) is 25.1 Å². The second-order valence-electron chi connectivity index (χ2n) is 6.74. The summed E-state index contributed by atoms with van der Waals surface area (Å²) in [4.78, 5) is 17.1. The van der Waals surface area contributed by atoms with E-state index in [9.17, 15) is 4.79 Å². The third-order valence-corrected chi connectivity index (χ3v) is 5.04. The normalized spacial score (nSPS) is 18.5. The second-order valence-corrected chi connectivity index (χ2v) is 6.74. The number of ether oxygens (including phenoxy) is 1. The standard InChI is InChI=1S/C21H26N2O2/c1-15-9-10-20(25-4)19(13-15)23-12-11-22(17(3)21(23)24)14-18-8-6-5-7-16(18)2/h5-10,13,17H,11-12,14H2,1-4H3. The summed E-state index contributed by atoms with van der Waals surface area (Å²) < 4.78 is 5.47. The molecule has 25 heavy (non-hydrogen) atoms. The lowest BCUT2D eigenvalue weighted by molar-refractivity contribution is -0.125. The van der Waals surface area contributed by atoms with Gasteiger partial charge >= 0.3 is 0 Å². The van der Waals surface area contributed by atoms with E-state index in [1.54, 1.807) is 7.11 Å². The lowest BCUT2D eigenvalue weighted by Crippen LogP contribution is -2.55. The van der Waals surface area contributed by atoms with E-state index in [-0.39, 0.29) is 11.9 Å². The fraction of sp³-hybridized carbons (Fsp3) is 0.381. The number of rotatable bonds is 4. The van der Waals surface area contributed by atoms with Gasteiger partial charge < -0.3 is 9.64 Å². The van der Waals surface area contributed by atoms with Gasteiger partial charge in [0.25, 0.3) is 0 Å². The van der Waals surface area contributed by atoms with Crippen molar-refractivity contribution in [1.29, 1.82) is 0 Å². The molecule has 0 aromatic heterocycles. The number of amides is 1. The van der Waals surface area contributed by atoms with Gasteiger partial charge in [-0.25, -0.2) is 0 Å². The van der Waals surface area contributed by atoms with Crippen LogP contribution in [0.15, 0.2) is 42.5 Å². The zero-order valence-electron chi connectivity index (χ0n) is 15.5. The van der Waals surface area contributed by atoms with E-state index >= 15 is 0 Å². The number of hydrogen-bond donors (Lipinski definition) is 0. The van der Waals surface area contributed by atoms with Crippen LogP contribution in [-0.4, -0.2) is 37.0 Å². The fourth-order valence-electron chi connectivity index (χ4n) is 3.39. The maximum Gasteiger partial charge on any atom is 0.244 e. The molecule has 0 radical (unpaired) electrons. The molecule has 2 aromatic rings. The van der Waals surface area contributed by atoms with Gasteiger partial charge in [-0.2, -0.15) is 0 Å². The number of carbonyl (C=O) groups is 1. The Labute approximate surface area is 150 Å². The van der Waals surface area contributed by atoms with Crippen LogP contribution in [-0.2, 0) is 11.3 Å². The van der Waals surface area contributed by atoms with E-state index in [4.69, 9.17) is 4.74 Å². The van der Waals surface area contributed by atoms with Gasteiger partial charge in [0, 0.05) is 19.6 Å². The van der Waals surface area contributed by atoms with Gasteiger partial charge in [0.05, 0.1) is 18.8 Å². The van der Waals surface area contributed by atoms with Crippen molar-refractivity contribution in [3.63, 3.8) is 0 Å². The van der Waals surface area contributed by atoms with Crippen molar-refractivity contribution < 1.29 is 9.53 Å². The van der Waals surface area contributed by atoms with Gasteiger partial charge in [-0.15, -0.1) is 0 Å². The quantitative estimate of drug-likeness (QED) is 0.855. The number of carbonyl (C=O) groups excluding carboxylic acids is 1. The van der Waals surface area contributed by atoms with E-state index in [0.29, 0.717) is 6.54 Å². The zero-order chi connectivity index (χ0) is 18.0. The number of aryl methyl sites for hydroxylation is 2. The largest absolute Gasteiger partial charge is 0.495 e. The summed E-state index contributed by atoms with van der Waals surface area (Å²) in [6.45, 7) is 8.47. The highest BCUT2D eigenvalue weighted by atomic mass is 16.5. The Kier molecular flexibility index (Phi) is 5.09. The van der Waals surface area contributed by atoms with Crippen molar-refractivity contribution in [1.82, 2.24) is 4.90 Å². The predicted molar refractivity (Wildman–Crippen MR) is 101 cm³/mol. The van der Waals surface area contributed by atoms with Crippen LogP contribution < -0.4 is 9.64 Å². The Morgan fingerprint density at radius 2 is 1.88 bits per heavy atom. The molecule has 1 aliphatic rings. The molecule has 0 bridgehead atoms. The van der Waals surface area contributed by atoms with Gasteiger partial charge in [0.15, 0.2) is 0 Å². The number of piperazine rings is 1. The van der Waals surface area contributed by atoms with Crippen molar-refractivity contribution in [2.24, 2.45) is 0 Å². The molecule has 4 nitrogen and oxygen atoms in total. The maximum absolute atomic E-state index is 13.0. The summed E-state index contributed by atoms with van der Waals surface area (Å²) in [6.07, 6.45) is 0. The Morgan fingerprint density at radius 3 is 2.60 bits per heavy atom. The highest BCUT2D eigenvalue weighted by Gasteiger charge is 2.33. The Balaban J connectivity index is 1.80. The van der Waals surface area contributed by atoms with E-state index in [1.807, 2.05) is 36.9 Å². The van der Waals surface area contributed by atoms with Crippen molar-refractivity contribution in [2.45, 2.75) is 33.4 Å². The van der Waals surface area contributed by atoms with Gasteiger partial charge in [-0.1, -0.05) is 30.3 Å². The molecule has 1 atom stereocenters. The molecule has 1 aliphatic heterocycles. The van der Waals surface area contributed by atoms with Crippen molar-refractivity contribution in [3.8, 4) is 5.75 Å². The average Bonchev–Trinajstić information content (AvgIpc) is 2.61. The lowest BCUT2D eigenvalue weighted by atomic mass is 10.1. The number of nitrogens with zero attached hydrogens (tertiary/aromatic N) is 2. The molecule has 1 unspecified atom stereocenters. The van der Waals surface area contributed by atoms with Crippen LogP contribution in [0.3, 0.4) is 0 Å². The van der Waals surface area contributed by atoms with E-state index in [1.165, 1.54) is 11.1 Å². The molecule has 0 aliphatic carbocycles. The minimum absolute atomic E-state index is 0.128. The number of hydrogen-bond acceptors (Lipinski definition) is 3. The minimum Gasteiger partial charge on any atom is -0.495 e.